The topological polar surface area (TPSA) is 15.3 Å². The first-order valence-electron chi connectivity index (χ1n) is 6.31. The highest BCUT2D eigenvalue weighted by molar-refractivity contribution is 9.10. The molecule has 120 valence electrons. The van der Waals surface area contributed by atoms with E-state index in [1.807, 2.05) is 4.90 Å². The lowest BCUT2D eigenvalue weighted by Crippen LogP contribution is -2.45. The monoisotopic (exact) mass is 390 g/mol. The van der Waals surface area contributed by atoms with E-state index in [1.54, 1.807) is 0 Å². The summed E-state index contributed by atoms with van der Waals surface area (Å²) in [6.07, 6.45) is -4.42. The highest BCUT2D eigenvalue weighted by atomic mass is 79.9. The summed E-state index contributed by atoms with van der Waals surface area (Å²) in [4.78, 5) is 1.87. The molecule has 1 fully saturated rings. The van der Waals surface area contributed by atoms with Crippen molar-refractivity contribution in [2.24, 2.45) is 0 Å². The van der Waals surface area contributed by atoms with E-state index < -0.39 is 24.5 Å². The number of rotatable bonds is 3. The second kappa shape index (κ2) is 7.76. The first-order chi connectivity index (χ1) is 9.43. The Balaban J connectivity index is 0.00000220. The van der Waals surface area contributed by atoms with Gasteiger partial charge in [0.05, 0.1) is 11.6 Å². The number of nitrogens with zero attached hydrogens (tertiary/aromatic N) is 1. The summed E-state index contributed by atoms with van der Waals surface area (Å²) in [7, 11) is 0. The van der Waals surface area contributed by atoms with Crippen molar-refractivity contribution in [3.63, 3.8) is 0 Å². The van der Waals surface area contributed by atoms with E-state index >= 15 is 0 Å². The number of benzene rings is 1. The van der Waals surface area contributed by atoms with Crippen LogP contribution in [0.1, 0.15) is 17.2 Å². The van der Waals surface area contributed by atoms with Crippen molar-refractivity contribution in [1.82, 2.24) is 10.2 Å². The zero-order valence-electron chi connectivity index (χ0n) is 11.1. The van der Waals surface area contributed by atoms with Gasteiger partial charge in [0, 0.05) is 30.7 Å². The van der Waals surface area contributed by atoms with E-state index in [9.17, 15) is 17.6 Å². The third-order valence-corrected chi connectivity index (χ3v) is 4.14. The second-order valence-corrected chi connectivity index (χ2v) is 5.54. The van der Waals surface area contributed by atoms with Crippen LogP contribution in [0.2, 0.25) is 0 Å². The van der Waals surface area contributed by atoms with Crippen molar-refractivity contribution in [3.8, 4) is 0 Å². The molecule has 0 amide bonds. The molecule has 0 bridgehead atoms. The van der Waals surface area contributed by atoms with Crippen LogP contribution in [0.25, 0.3) is 0 Å². The molecular weight excluding hydrogens is 376 g/mol. The molecule has 1 heterocycles. The van der Waals surface area contributed by atoms with E-state index in [-0.39, 0.29) is 12.4 Å². The van der Waals surface area contributed by atoms with Gasteiger partial charge in [0.1, 0.15) is 6.67 Å². The van der Waals surface area contributed by atoms with E-state index in [1.165, 1.54) is 6.07 Å². The molecule has 1 N–H and O–H groups in total. The largest absolute Gasteiger partial charge is 0.416 e. The molecule has 1 atom stereocenters. The fourth-order valence-electron chi connectivity index (χ4n) is 2.35. The predicted molar refractivity (Wildman–Crippen MR) is 79.6 cm³/mol. The maximum atomic E-state index is 13.4. The van der Waals surface area contributed by atoms with Crippen molar-refractivity contribution in [1.29, 1.82) is 0 Å². The SMILES string of the molecule is Cl.FC[C@H](c1cc(C(F)(F)F)ccc1Br)N1CCNCC1. The van der Waals surface area contributed by atoms with Crippen LogP contribution in [0.3, 0.4) is 0 Å². The van der Waals surface area contributed by atoms with Crippen molar-refractivity contribution in [3.05, 3.63) is 33.8 Å². The summed E-state index contributed by atoms with van der Waals surface area (Å²) >= 11 is 3.23. The standard InChI is InChI=1S/C13H15BrF4N2.ClH/c14-11-2-1-9(13(16,17)18)7-10(11)12(8-15)20-5-3-19-4-6-20;/h1-2,7,12,19H,3-6,8H2;1H/t12-;/m1./s1. The van der Waals surface area contributed by atoms with Crippen LogP contribution in [-0.2, 0) is 6.18 Å². The molecule has 8 heteroatoms. The minimum atomic E-state index is -4.42. The van der Waals surface area contributed by atoms with Gasteiger partial charge in [0.15, 0.2) is 0 Å². The Morgan fingerprint density at radius 3 is 2.38 bits per heavy atom. The Kier molecular flexibility index (Phi) is 6.90. The molecule has 1 saturated heterocycles. The molecule has 1 aromatic rings. The van der Waals surface area contributed by atoms with Gasteiger partial charge in [0.25, 0.3) is 0 Å². The maximum Gasteiger partial charge on any atom is 0.416 e. The van der Waals surface area contributed by atoms with Crippen LogP contribution in [0, 0.1) is 0 Å². The van der Waals surface area contributed by atoms with Crippen LogP contribution in [-0.4, -0.2) is 37.8 Å². The van der Waals surface area contributed by atoms with Gasteiger partial charge in [-0.2, -0.15) is 13.2 Å². The maximum absolute atomic E-state index is 13.4. The van der Waals surface area contributed by atoms with Crippen molar-refractivity contribution < 1.29 is 17.6 Å². The fourth-order valence-corrected chi connectivity index (χ4v) is 2.86. The van der Waals surface area contributed by atoms with Crippen molar-refractivity contribution >= 4 is 28.3 Å². The molecule has 0 aliphatic carbocycles. The number of hydrogen-bond donors (Lipinski definition) is 1. The Morgan fingerprint density at radius 1 is 1.24 bits per heavy atom. The van der Waals surface area contributed by atoms with Gasteiger partial charge < -0.3 is 5.32 Å². The molecule has 0 saturated carbocycles. The molecule has 2 rings (SSSR count). The number of piperazine rings is 1. The molecule has 1 aromatic carbocycles. The Bertz CT molecular complexity index is 464. The van der Waals surface area contributed by atoms with E-state index in [4.69, 9.17) is 0 Å². The molecule has 1 aliphatic rings. The fraction of sp³-hybridized carbons (Fsp3) is 0.538. The molecule has 2 nitrogen and oxygen atoms in total. The lowest BCUT2D eigenvalue weighted by molar-refractivity contribution is -0.137. The lowest BCUT2D eigenvalue weighted by Gasteiger charge is -2.34. The smallest absolute Gasteiger partial charge is 0.314 e. The summed E-state index contributed by atoms with van der Waals surface area (Å²) < 4.78 is 52.2. The van der Waals surface area contributed by atoms with Gasteiger partial charge in [-0.1, -0.05) is 15.9 Å². The number of alkyl halides is 4. The quantitative estimate of drug-likeness (QED) is 0.789. The van der Waals surface area contributed by atoms with Gasteiger partial charge in [-0.15, -0.1) is 12.4 Å². The number of hydrogen-bond acceptors (Lipinski definition) is 2. The highest BCUT2D eigenvalue weighted by Crippen LogP contribution is 2.35. The summed E-state index contributed by atoms with van der Waals surface area (Å²) in [6, 6.07) is 2.73. The Labute approximate surface area is 135 Å². The molecule has 0 unspecified atom stereocenters. The molecule has 0 spiro atoms. The first-order valence-corrected chi connectivity index (χ1v) is 7.10. The summed E-state index contributed by atoms with van der Waals surface area (Å²) in [5.41, 5.74) is -0.395. The Hall–Kier alpha value is -0.370. The second-order valence-electron chi connectivity index (χ2n) is 4.69. The minimum absolute atomic E-state index is 0. The summed E-state index contributed by atoms with van der Waals surface area (Å²) in [6.45, 7) is 1.97. The first kappa shape index (κ1) is 18.7. The van der Waals surface area contributed by atoms with Gasteiger partial charge in [-0.05, 0) is 23.8 Å². The van der Waals surface area contributed by atoms with Gasteiger partial charge in [-0.3, -0.25) is 4.90 Å². The molecule has 1 aliphatic heterocycles. The zero-order chi connectivity index (χ0) is 14.8. The van der Waals surface area contributed by atoms with E-state index in [2.05, 4.69) is 21.2 Å². The van der Waals surface area contributed by atoms with Gasteiger partial charge in [-0.25, -0.2) is 4.39 Å². The van der Waals surface area contributed by atoms with Crippen LogP contribution < -0.4 is 5.32 Å². The van der Waals surface area contributed by atoms with Crippen LogP contribution in [0.4, 0.5) is 17.6 Å². The predicted octanol–water partition coefficient (Wildman–Crippen LogP) is 3.81. The average molecular weight is 392 g/mol. The van der Waals surface area contributed by atoms with Crippen LogP contribution >= 0.6 is 28.3 Å². The highest BCUT2D eigenvalue weighted by Gasteiger charge is 2.32. The normalized spacial score (nSPS) is 18.1. The lowest BCUT2D eigenvalue weighted by atomic mass is 10.0. The van der Waals surface area contributed by atoms with E-state index in [0.29, 0.717) is 36.2 Å². The third-order valence-electron chi connectivity index (χ3n) is 3.42. The van der Waals surface area contributed by atoms with Crippen LogP contribution in [0.15, 0.2) is 22.7 Å². The van der Waals surface area contributed by atoms with Crippen molar-refractivity contribution in [2.45, 2.75) is 12.2 Å². The van der Waals surface area contributed by atoms with Crippen LogP contribution in [0.5, 0.6) is 0 Å². The molecular formula is C13H16BrClF4N2. The number of nitrogens with one attached hydrogen (secondary N) is 1. The molecule has 21 heavy (non-hydrogen) atoms. The molecule has 0 aromatic heterocycles. The van der Waals surface area contributed by atoms with E-state index in [0.717, 1.165) is 12.1 Å². The minimum Gasteiger partial charge on any atom is -0.314 e. The summed E-state index contributed by atoms with van der Waals surface area (Å²) in [5, 5.41) is 3.14. The molecule has 0 radical (unpaired) electrons. The third kappa shape index (κ3) is 4.55. The van der Waals surface area contributed by atoms with Crippen molar-refractivity contribution in [2.75, 3.05) is 32.9 Å². The van der Waals surface area contributed by atoms with Gasteiger partial charge >= 0.3 is 6.18 Å². The zero-order valence-corrected chi connectivity index (χ0v) is 13.5. The average Bonchev–Trinajstić information content (AvgIpc) is 2.41. The van der Waals surface area contributed by atoms with Gasteiger partial charge in [0.2, 0.25) is 0 Å². The summed E-state index contributed by atoms with van der Waals surface area (Å²) in [5.74, 6) is 0. The number of halogens is 6. The Morgan fingerprint density at radius 2 is 1.86 bits per heavy atom.